The molecular weight excluding hydrogens is 324 g/mol. The molecule has 1 N–H and O–H groups in total. The second kappa shape index (κ2) is 7.85. The van der Waals surface area contributed by atoms with E-state index in [1.165, 1.54) is 4.88 Å². The predicted molar refractivity (Wildman–Crippen MR) is 94.1 cm³/mol. The Bertz CT molecular complexity index is 647. The van der Waals surface area contributed by atoms with Crippen LogP contribution in [0.3, 0.4) is 0 Å². The number of nitrogens with zero attached hydrogens (tertiary/aromatic N) is 1. The Labute approximate surface area is 146 Å². The molecule has 24 heavy (non-hydrogen) atoms. The summed E-state index contributed by atoms with van der Waals surface area (Å²) in [7, 11) is 0. The fourth-order valence-electron chi connectivity index (χ4n) is 2.88. The molecule has 6 heteroatoms. The molecule has 3 heterocycles. The summed E-state index contributed by atoms with van der Waals surface area (Å²) in [6, 6.07) is 7.63. The smallest absolute Gasteiger partial charge is 0.318 e. The van der Waals surface area contributed by atoms with Crippen molar-refractivity contribution in [2.24, 2.45) is 0 Å². The Morgan fingerprint density at radius 2 is 2.33 bits per heavy atom. The lowest BCUT2D eigenvalue weighted by Gasteiger charge is -2.26. The van der Waals surface area contributed by atoms with Crippen molar-refractivity contribution < 1.29 is 13.9 Å². The number of hydrogen-bond donors (Lipinski definition) is 1. The largest absolute Gasteiger partial charge is 0.464 e. The number of aryl methyl sites for hydroxylation is 1. The van der Waals surface area contributed by atoms with Gasteiger partial charge in [-0.3, -0.25) is 0 Å². The summed E-state index contributed by atoms with van der Waals surface area (Å²) in [6.45, 7) is 5.85. The fourth-order valence-corrected chi connectivity index (χ4v) is 3.60. The topological polar surface area (TPSA) is 54.7 Å². The van der Waals surface area contributed by atoms with Gasteiger partial charge in [0.25, 0.3) is 0 Å². The highest BCUT2D eigenvalue weighted by Crippen LogP contribution is 2.19. The van der Waals surface area contributed by atoms with Gasteiger partial charge in [-0.15, -0.1) is 11.3 Å². The minimum Gasteiger partial charge on any atom is -0.464 e. The molecule has 5 nitrogen and oxygen atoms in total. The first kappa shape index (κ1) is 17.0. The van der Waals surface area contributed by atoms with Crippen molar-refractivity contribution in [3.63, 3.8) is 0 Å². The maximum Gasteiger partial charge on any atom is 0.318 e. The molecule has 1 saturated heterocycles. The van der Waals surface area contributed by atoms with Crippen LogP contribution in [0.15, 0.2) is 34.1 Å². The first-order valence-corrected chi connectivity index (χ1v) is 9.25. The van der Waals surface area contributed by atoms with Crippen molar-refractivity contribution in [2.45, 2.75) is 45.4 Å². The number of hydrogen-bond acceptors (Lipinski definition) is 4. The van der Waals surface area contributed by atoms with E-state index in [9.17, 15) is 4.79 Å². The van der Waals surface area contributed by atoms with Gasteiger partial charge in [0.2, 0.25) is 0 Å². The summed E-state index contributed by atoms with van der Waals surface area (Å²) in [6.07, 6.45) is 2.22. The zero-order valence-corrected chi connectivity index (χ0v) is 15.0. The first-order valence-electron chi connectivity index (χ1n) is 8.37. The Morgan fingerprint density at radius 1 is 1.46 bits per heavy atom. The second-order valence-electron chi connectivity index (χ2n) is 6.21. The van der Waals surface area contributed by atoms with Gasteiger partial charge in [-0.05, 0) is 50.3 Å². The molecule has 0 bridgehead atoms. The minimum atomic E-state index is -0.165. The normalized spacial score (nSPS) is 18.5. The number of furan rings is 1. The molecule has 2 aromatic heterocycles. The highest BCUT2D eigenvalue weighted by Gasteiger charge is 2.24. The van der Waals surface area contributed by atoms with E-state index < -0.39 is 0 Å². The van der Waals surface area contributed by atoms with Gasteiger partial charge in [0.1, 0.15) is 11.5 Å². The third-order valence-electron chi connectivity index (χ3n) is 4.19. The van der Waals surface area contributed by atoms with E-state index in [4.69, 9.17) is 9.15 Å². The van der Waals surface area contributed by atoms with Gasteiger partial charge in [-0.25, -0.2) is 4.79 Å². The molecule has 1 fully saturated rings. The van der Waals surface area contributed by atoms with Crippen molar-refractivity contribution in [2.75, 3.05) is 13.2 Å². The Hall–Kier alpha value is -1.79. The molecule has 0 aliphatic carbocycles. The van der Waals surface area contributed by atoms with Crippen molar-refractivity contribution in [1.82, 2.24) is 10.2 Å². The number of carbonyl (C=O) groups excluding carboxylic acids is 1. The summed E-state index contributed by atoms with van der Waals surface area (Å²) in [5.41, 5.74) is 0. The highest BCUT2D eigenvalue weighted by atomic mass is 32.1. The summed E-state index contributed by atoms with van der Waals surface area (Å²) in [5.74, 6) is 1.62. The third-order valence-corrected chi connectivity index (χ3v) is 5.05. The lowest BCUT2D eigenvalue weighted by atomic mass is 10.2. The Morgan fingerprint density at radius 3 is 2.96 bits per heavy atom. The number of ether oxygens (including phenoxy) is 1. The van der Waals surface area contributed by atoms with Crippen molar-refractivity contribution >= 4 is 17.4 Å². The van der Waals surface area contributed by atoms with Gasteiger partial charge in [0.05, 0.1) is 18.7 Å². The van der Waals surface area contributed by atoms with Crippen LogP contribution >= 0.6 is 11.3 Å². The average molecular weight is 348 g/mol. The molecule has 0 aromatic carbocycles. The van der Waals surface area contributed by atoms with Crippen LogP contribution in [0.1, 0.15) is 42.2 Å². The van der Waals surface area contributed by atoms with Gasteiger partial charge >= 0.3 is 6.03 Å². The molecule has 1 aliphatic heterocycles. The van der Waals surface area contributed by atoms with Crippen LogP contribution < -0.4 is 5.32 Å². The number of carbonyl (C=O) groups is 1. The van der Waals surface area contributed by atoms with Crippen LogP contribution in [0.5, 0.6) is 0 Å². The molecule has 0 radical (unpaired) electrons. The van der Waals surface area contributed by atoms with Crippen molar-refractivity contribution in [3.05, 3.63) is 46.0 Å². The molecule has 130 valence electrons. The number of urea groups is 1. The number of rotatable bonds is 6. The van der Waals surface area contributed by atoms with E-state index in [0.29, 0.717) is 13.1 Å². The standard InChI is InChI=1S/C18H24N2O3S/c1-13-7-8-17(23-13)14(2)19-18(21)20(11-15-5-3-9-22-15)12-16-6-4-10-24-16/h4,6-8,10,14-15H,3,5,9,11-12H2,1-2H3,(H,19,21)/t14-,15+/m0/s1. The predicted octanol–water partition coefficient (Wildman–Crippen LogP) is 4.10. The van der Waals surface area contributed by atoms with Gasteiger partial charge in [-0.1, -0.05) is 6.07 Å². The lowest BCUT2D eigenvalue weighted by molar-refractivity contribution is 0.0791. The van der Waals surface area contributed by atoms with E-state index in [0.717, 1.165) is 31.0 Å². The van der Waals surface area contributed by atoms with Gasteiger partial charge in [0, 0.05) is 18.0 Å². The van der Waals surface area contributed by atoms with Crippen LogP contribution in [-0.4, -0.2) is 30.2 Å². The quantitative estimate of drug-likeness (QED) is 0.855. The Balaban J connectivity index is 1.64. The molecule has 0 saturated carbocycles. The molecular formula is C18H24N2O3S. The zero-order chi connectivity index (χ0) is 16.9. The van der Waals surface area contributed by atoms with E-state index in [2.05, 4.69) is 11.4 Å². The minimum absolute atomic E-state index is 0.0829. The maximum atomic E-state index is 12.8. The molecule has 2 atom stereocenters. The van der Waals surface area contributed by atoms with E-state index in [1.54, 1.807) is 11.3 Å². The molecule has 2 aromatic rings. The van der Waals surface area contributed by atoms with E-state index >= 15 is 0 Å². The summed E-state index contributed by atoms with van der Waals surface area (Å²) in [4.78, 5) is 15.8. The van der Waals surface area contributed by atoms with Crippen LogP contribution in [0.4, 0.5) is 4.79 Å². The average Bonchev–Trinajstić information content (AvgIpc) is 3.28. The lowest BCUT2D eigenvalue weighted by Crippen LogP contribution is -2.43. The van der Waals surface area contributed by atoms with Gasteiger partial charge in [-0.2, -0.15) is 0 Å². The zero-order valence-electron chi connectivity index (χ0n) is 14.2. The molecule has 3 rings (SSSR count). The second-order valence-corrected chi connectivity index (χ2v) is 7.25. The van der Waals surface area contributed by atoms with Crippen LogP contribution in [-0.2, 0) is 11.3 Å². The van der Waals surface area contributed by atoms with E-state index in [-0.39, 0.29) is 18.2 Å². The van der Waals surface area contributed by atoms with Gasteiger partial charge < -0.3 is 19.4 Å². The van der Waals surface area contributed by atoms with Crippen LogP contribution in [0.25, 0.3) is 0 Å². The highest BCUT2D eigenvalue weighted by molar-refractivity contribution is 7.09. The number of amides is 2. The third kappa shape index (κ3) is 4.39. The van der Waals surface area contributed by atoms with Crippen molar-refractivity contribution in [1.29, 1.82) is 0 Å². The number of thiophene rings is 1. The molecule has 0 unspecified atom stereocenters. The maximum absolute atomic E-state index is 12.8. The summed E-state index contributed by atoms with van der Waals surface area (Å²) in [5, 5.41) is 5.07. The molecule has 2 amide bonds. The summed E-state index contributed by atoms with van der Waals surface area (Å²) >= 11 is 1.66. The van der Waals surface area contributed by atoms with Gasteiger partial charge in [0.15, 0.2) is 0 Å². The van der Waals surface area contributed by atoms with Crippen LogP contribution in [0, 0.1) is 6.92 Å². The Kier molecular flexibility index (Phi) is 5.58. The van der Waals surface area contributed by atoms with E-state index in [1.807, 2.05) is 42.3 Å². The monoisotopic (exact) mass is 348 g/mol. The van der Waals surface area contributed by atoms with Crippen molar-refractivity contribution in [3.8, 4) is 0 Å². The SMILES string of the molecule is Cc1ccc([C@H](C)NC(=O)N(Cc2cccs2)C[C@H]2CCCO2)o1. The fraction of sp³-hybridized carbons (Fsp3) is 0.500. The first-order chi connectivity index (χ1) is 11.6. The molecule has 0 spiro atoms. The summed E-state index contributed by atoms with van der Waals surface area (Å²) < 4.78 is 11.3. The number of nitrogens with one attached hydrogen (secondary N) is 1. The molecule has 1 aliphatic rings. The van der Waals surface area contributed by atoms with Crippen LogP contribution in [0.2, 0.25) is 0 Å².